The summed E-state index contributed by atoms with van der Waals surface area (Å²) in [6.07, 6.45) is 0. The molecule has 12 heavy (non-hydrogen) atoms. The Morgan fingerprint density at radius 3 is 2.75 bits per heavy atom. The maximum absolute atomic E-state index is 5.40. The fourth-order valence-corrected chi connectivity index (χ4v) is 2.92. The maximum Gasteiger partial charge on any atom is 0.0212 e. The molecule has 0 aliphatic heterocycles. The largest absolute Gasteiger partial charge is 0.330 e. The van der Waals surface area contributed by atoms with Crippen molar-refractivity contribution in [1.82, 2.24) is 0 Å². The van der Waals surface area contributed by atoms with Crippen molar-refractivity contribution >= 4 is 21.6 Å². The molecule has 0 unspecified atom stereocenters. The Balaban J connectivity index is 2.46. The average molecular weight is 199 g/mol. The normalized spacial score (nSPS) is 10.2. The molecular formula is C9H13NS2. The summed E-state index contributed by atoms with van der Waals surface area (Å²) < 4.78 is 0. The molecule has 1 rings (SSSR count). The predicted octanol–water partition coefficient (Wildman–Crippen LogP) is 2.69. The fraction of sp³-hybridized carbons (Fsp3) is 0.333. The number of hydrogen-bond acceptors (Lipinski definition) is 3. The van der Waals surface area contributed by atoms with Crippen LogP contribution >= 0.6 is 21.6 Å². The molecule has 0 saturated heterocycles. The van der Waals surface area contributed by atoms with Gasteiger partial charge in [-0.1, -0.05) is 39.8 Å². The average Bonchev–Trinajstić information content (AvgIpc) is 2.09. The van der Waals surface area contributed by atoms with Gasteiger partial charge in [-0.25, -0.2) is 0 Å². The number of hydrogen-bond donors (Lipinski definition) is 1. The van der Waals surface area contributed by atoms with E-state index in [0.717, 1.165) is 12.3 Å². The molecule has 0 aliphatic carbocycles. The van der Waals surface area contributed by atoms with Gasteiger partial charge >= 0.3 is 0 Å². The molecule has 0 amide bonds. The second kappa shape index (κ2) is 5.51. The Labute approximate surface area is 81.5 Å². The minimum absolute atomic E-state index is 0.754. The van der Waals surface area contributed by atoms with E-state index in [-0.39, 0.29) is 0 Å². The Morgan fingerprint density at radius 2 is 2.08 bits per heavy atom. The molecule has 0 heterocycles. The molecule has 0 aliphatic rings. The van der Waals surface area contributed by atoms with Gasteiger partial charge in [-0.05, 0) is 18.6 Å². The Bertz CT molecular complexity index is 238. The molecule has 3 heteroatoms. The number of rotatable bonds is 4. The van der Waals surface area contributed by atoms with Crippen molar-refractivity contribution < 1.29 is 0 Å². The summed E-state index contributed by atoms with van der Waals surface area (Å²) in [5, 5.41) is 0. The van der Waals surface area contributed by atoms with Crippen LogP contribution in [0, 0.1) is 6.92 Å². The summed E-state index contributed by atoms with van der Waals surface area (Å²) in [5.74, 6) is 1.01. The standard InChI is InChI=1S/C9H13NS2/c1-8-4-2-3-5-9(8)12-11-7-6-10/h2-5H,6-7,10H2,1H3. The quantitative estimate of drug-likeness (QED) is 0.596. The van der Waals surface area contributed by atoms with E-state index in [1.165, 1.54) is 10.5 Å². The first kappa shape index (κ1) is 9.96. The molecule has 0 fully saturated rings. The van der Waals surface area contributed by atoms with Crippen LogP contribution < -0.4 is 5.73 Å². The van der Waals surface area contributed by atoms with Gasteiger partial charge in [0.1, 0.15) is 0 Å². The van der Waals surface area contributed by atoms with Crippen LogP contribution in [0.1, 0.15) is 5.56 Å². The fourth-order valence-electron chi connectivity index (χ4n) is 0.803. The second-order valence-corrected chi connectivity index (χ2v) is 4.92. The second-order valence-electron chi connectivity index (χ2n) is 2.46. The van der Waals surface area contributed by atoms with Crippen molar-refractivity contribution in [2.45, 2.75) is 11.8 Å². The lowest BCUT2D eigenvalue weighted by Gasteiger charge is -2.02. The molecule has 0 aromatic heterocycles. The predicted molar refractivity (Wildman–Crippen MR) is 58.5 cm³/mol. The lowest BCUT2D eigenvalue weighted by atomic mass is 10.2. The lowest BCUT2D eigenvalue weighted by Crippen LogP contribution is -1.99. The van der Waals surface area contributed by atoms with Gasteiger partial charge in [-0.15, -0.1) is 0 Å². The third kappa shape index (κ3) is 3.09. The minimum Gasteiger partial charge on any atom is -0.330 e. The van der Waals surface area contributed by atoms with Gasteiger partial charge in [0.05, 0.1) is 0 Å². The molecule has 66 valence electrons. The molecule has 1 nitrogen and oxygen atoms in total. The number of benzene rings is 1. The third-order valence-corrected chi connectivity index (χ3v) is 3.99. The lowest BCUT2D eigenvalue weighted by molar-refractivity contribution is 1.16. The van der Waals surface area contributed by atoms with E-state index in [1.54, 1.807) is 0 Å². The van der Waals surface area contributed by atoms with Gasteiger partial charge in [-0.3, -0.25) is 0 Å². The zero-order valence-electron chi connectivity index (χ0n) is 7.12. The summed E-state index contributed by atoms with van der Waals surface area (Å²) >= 11 is 0. The van der Waals surface area contributed by atoms with E-state index in [0.29, 0.717) is 0 Å². The van der Waals surface area contributed by atoms with E-state index in [2.05, 4.69) is 31.2 Å². The zero-order valence-corrected chi connectivity index (χ0v) is 8.75. The SMILES string of the molecule is Cc1ccccc1SSCCN. The van der Waals surface area contributed by atoms with Crippen molar-refractivity contribution in [1.29, 1.82) is 0 Å². The summed E-state index contributed by atoms with van der Waals surface area (Å²) in [7, 11) is 3.62. The molecule has 0 radical (unpaired) electrons. The molecular weight excluding hydrogens is 186 g/mol. The smallest absolute Gasteiger partial charge is 0.0212 e. The van der Waals surface area contributed by atoms with E-state index >= 15 is 0 Å². The molecule has 0 atom stereocenters. The van der Waals surface area contributed by atoms with Crippen LogP contribution in [0.25, 0.3) is 0 Å². The van der Waals surface area contributed by atoms with Crippen molar-refractivity contribution in [3.63, 3.8) is 0 Å². The molecule has 0 bridgehead atoms. The van der Waals surface area contributed by atoms with Crippen LogP contribution in [0.4, 0.5) is 0 Å². The highest BCUT2D eigenvalue weighted by Gasteiger charge is 1.96. The van der Waals surface area contributed by atoms with Gasteiger partial charge in [0.15, 0.2) is 0 Å². The highest BCUT2D eigenvalue weighted by molar-refractivity contribution is 8.76. The Hall–Kier alpha value is -0.120. The first-order valence-corrected chi connectivity index (χ1v) is 6.21. The van der Waals surface area contributed by atoms with Crippen molar-refractivity contribution in [3.05, 3.63) is 29.8 Å². The summed E-state index contributed by atoms with van der Waals surface area (Å²) in [4.78, 5) is 1.34. The van der Waals surface area contributed by atoms with Crippen LogP contribution in [0.2, 0.25) is 0 Å². The van der Waals surface area contributed by atoms with Gasteiger partial charge in [0.25, 0.3) is 0 Å². The van der Waals surface area contributed by atoms with Crippen molar-refractivity contribution in [3.8, 4) is 0 Å². The van der Waals surface area contributed by atoms with Gasteiger partial charge in [0.2, 0.25) is 0 Å². The van der Waals surface area contributed by atoms with E-state index < -0.39 is 0 Å². The first-order chi connectivity index (χ1) is 5.84. The van der Waals surface area contributed by atoms with E-state index in [1.807, 2.05) is 21.6 Å². The monoisotopic (exact) mass is 199 g/mol. The van der Waals surface area contributed by atoms with Crippen LogP contribution in [-0.4, -0.2) is 12.3 Å². The highest BCUT2D eigenvalue weighted by Crippen LogP contribution is 2.32. The zero-order chi connectivity index (χ0) is 8.81. The first-order valence-electron chi connectivity index (χ1n) is 3.90. The minimum atomic E-state index is 0.754. The van der Waals surface area contributed by atoms with Crippen LogP contribution in [0.15, 0.2) is 29.2 Å². The van der Waals surface area contributed by atoms with Gasteiger partial charge in [0, 0.05) is 17.2 Å². The van der Waals surface area contributed by atoms with E-state index in [4.69, 9.17) is 5.73 Å². The Kier molecular flexibility index (Phi) is 4.58. The molecule has 2 N–H and O–H groups in total. The molecule has 1 aromatic rings. The van der Waals surface area contributed by atoms with Crippen LogP contribution in [-0.2, 0) is 0 Å². The number of aryl methyl sites for hydroxylation is 1. The molecule has 0 saturated carbocycles. The summed E-state index contributed by atoms with van der Waals surface area (Å²) in [6.45, 7) is 2.88. The number of nitrogens with two attached hydrogens (primary N) is 1. The summed E-state index contributed by atoms with van der Waals surface area (Å²) in [5.41, 5.74) is 6.74. The molecule has 0 spiro atoms. The Morgan fingerprint density at radius 1 is 1.33 bits per heavy atom. The van der Waals surface area contributed by atoms with Gasteiger partial charge in [-0.2, -0.15) is 0 Å². The van der Waals surface area contributed by atoms with Crippen molar-refractivity contribution in [2.75, 3.05) is 12.3 Å². The van der Waals surface area contributed by atoms with Crippen LogP contribution in [0.3, 0.4) is 0 Å². The maximum atomic E-state index is 5.40. The van der Waals surface area contributed by atoms with E-state index in [9.17, 15) is 0 Å². The van der Waals surface area contributed by atoms with Gasteiger partial charge < -0.3 is 5.73 Å². The summed E-state index contributed by atoms with van der Waals surface area (Å²) in [6, 6.07) is 8.40. The van der Waals surface area contributed by atoms with Crippen molar-refractivity contribution in [2.24, 2.45) is 5.73 Å². The topological polar surface area (TPSA) is 26.0 Å². The third-order valence-electron chi connectivity index (χ3n) is 1.44. The van der Waals surface area contributed by atoms with Crippen LogP contribution in [0.5, 0.6) is 0 Å². The molecule has 1 aromatic carbocycles. The highest BCUT2D eigenvalue weighted by atomic mass is 33.1.